The van der Waals surface area contributed by atoms with E-state index in [4.69, 9.17) is 0 Å². The maximum atomic E-state index is 2.59. The summed E-state index contributed by atoms with van der Waals surface area (Å²) in [4.78, 5) is 2.59. The average molecular weight is 859 g/mol. The normalized spacial score (nSPS) is 13.7. The second kappa shape index (κ2) is 16.7. The Bertz CT molecular complexity index is 3590. The summed E-state index contributed by atoms with van der Waals surface area (Å²) in [5, 5.41) is 7.40. The van der Waals surface area contributed by atoms with E-state index >= 15 is 0 Å². The number of rotatable bonds is 8. The van der Waals surface area contributed by atoms with Crippen LogP contribution in [-0.4, -0.2) is 4.57 Å². The number of hydrogen-bond donors (Lipinski definition) is 0. The lowest BCUT2D eigenvalue weighted by molar-refractivity contribution is 0.749. The summed E-state index contributed by atoms with van der Waals surface area (Å²) in [6, 6.07) is 83.3. The summed E-state index contributed by atoms with van der Waals surface area (Å²) >= 11 is 0. The molecule has 0 spiro atoms. The smallest absolute Gasteiger partial charge is 0.0626 e. The first-order valence-corrected chi connectivity index (χ1v) is 23.5. The zero-order valence-corrected chi connectivity index (χ0v) is 38.1. The summed E-state index contributed by atoms with van der Waals surface area (Å²) in [6.07, 6.45) is 3.36. The molecule has 0 saturated heterocycles. The van der Waals surface area contributed by atoms with Crippen molar-refractivity contribution < 1.29 is 0 Å². The molecule has 1 atom stereocenters. The Morgan fingerprint density at radius 2 is 0.910 bits per heavy atom. The van der Waals surface area contributed by atoms with E-state index in [1.54, 1.807) is 0 Å². The zero-order chi connectivity index (χ0) is 45.0. The Labute approximate surface area is 393 Å². The first-order valence-electron chi connectivity index (χ1n) is 23.5. The lowest BCUT2D eigenvalue weighted by Crippen LogP contribution is -2.22. The van der Waals surface area contributed by atoms with Gasteiger partial charge in [-0.2, -0.15) is 0 Å². The van der Waals surface area contributed by atoms with E-state index in [1.807, 2.05) is 0 Å². The monoisotopic (exact) mass is 858 g/mol. The summed E-state index contributed by atoms with van der Waals surface area (Å²) in [7, 11) is 0. The number of hydrogen-bond acceptors (Lipinski definition) is 1. The largest absolute Gasteiger partial charge is 0.333 e. The van der Waals surface area contributed by atoms with Gasteiger partial charge in [0.05, 0.1) is 17.4 Å². The van der Waals surface area contributed by atoms with Crippen LogP contribution in [0.4, 0.5) is 5.69 Å². The number of benzene rings is 10. The van der Waals surface area contributed by atoms with Crippen LogP contribution in [0.25, 0.3) is 88.5 Å². The average Bonchev–Trinajstić information content (AvgIpc) is 4.04. The lowest BCUT2D eigenvalue weighted by Gasteiger charge is -2.31. The summed E-state index contributed by atoms with van der Waals surface area (Å²) in [6.45, 7) is 6.77. The van der Waals surface area contributed by atoms with E-state index < -0.39 is 0 Å². The zero-order valence-electron chi connectivity index (χ0n) is 38.1. The molecule has 11 aromatic rings. The fourth-order valence-electron chi connectivity index (χ4n) is 10.8. The van der Waals surface area contributed by atoms with Gasteiger partial charge in [0.25, 0.3) is 0 Å². The molecule has 320 valence electrons. The van der Waals surface area contributed by atoms with Gasteiger partial charge in [0.1, 0.15) is 0 Å². The molecule has 0 amide bonds. The van der Waals surface area contributed by atoms with Crippen LogP contribution in [0, 0.1) is 20.8 Å². The van der Waals surface area contributed by atoms with Crippen molar-refractivity contribution in [3.05, 3.63) is 258 Å². The van der Waals surface area contributed by atoms with Crippen LogP contribution >= 0.6 is 0 Å². The van der Waals surface area contributed by atoms with Crippen LogP contribution in [-0.2, 0) is 0 Å². The highest BCUT2D eigenvalue weighted by Crippen LogP contribution is 2.50. The second-order valence-corrected chi connectivity index (χ2v) is 18.1. The van der Waals surface area contributed by atoms with Crippen LogP contribution in [0.15, 0.2) is 231 Å². The van der Waals surface area contributed by atoms with Gasteiger partial charge in [0.15, 0.2) is 0 Å². The van der Waals surface area contributed by atoms with E-state index in [0.29, 0.717) is 0 Å². The van der Waals surface area contributed by atoms with Gasteiger partial charge in [-0.3, -0.25) is 0 Å². The molecule has 0 N–H and O–H groups in total. The number of aromatic nitrogens is 1. The molecule has 0 aliphatic carbocycles. The quantitative estimate of drug-likeness (QED) is 0.138. The highest BCUT2D eigenvalue weighted by atomic mass is 15.2. The fraction of sp³-hybridized carbons (Fsp3) is 0.0769. The lowest BCUT2D eigenvalue weighted by atomic mass is 9.83. The van der Waals surface area contributed by atoms with Crippen molar-refractivity contribution in [1.82, 2.24) is 4.57 Å². The number of fused-ring (bicyclic) bond motifs is 3. The number of nitrogens with zero attached hydrogens (tertiary/aromatic N) is 2. The third-order valence-corrected chi connectivity index (χ3v) is 14.3. The molecule has 0 saturated carbocycles. The maximum absolute atomic E-state index is 2.59. The van der Waals surface area contributed by atoms with Crippen molar-refractivity contribution in [2.75, 3.05) is 4.90 Å². The van der Waals surface area contributed by atoms with Crippen LogP contribution in [0.3, 0.4) is 0 Å². The summed E-state index contributed by atoms with van der Waals surface area (Å²) in [5.41, 5.74) is 19.6. The third kappa shape index (κ3) is 6.96. The van der Waals surface area contributed by atoms with Crippen molar-refractivity contribution in [2.24, 2.45) is 0 Å². The first kappa shape index (κ1) is 40.3. The van der Waals surface area contributed by atoms with Gasteiger partial charge in [-0.1, -0.05) is 194 Å². The van der Waals surface area contributed by atoms with Crippen molar-refractivity contribution in [3.8, 4) is 50.5 Å². The van der Waals surface area contributed by atoms with E-state index in [-0.39, 0.29) is 6.04 Å². The topological polar surface area (TPSA) is 8.17 Å². The molecule has 0 bridgehead atoms. The molecule has 2 nitrogen and oxygen atoms in total. The Morgan fingerprint density at radius 3 is 1.57 bits per heavy atom. The Balaban J connectivity index is 1.20. The van der Waals surface area contributed by atoms with Gasteiger partial charge in [-0.15, -0.1) is 0 Å². The van der Waals surface area contributed by atoms with Crippen molar-refractivity contribution in [3.63, 3.8) is 0 Å². The summed E-state index contributed by atoms with van der Waals surface area (Å²) < 4.78 is 2.46. The highest BCUT2D eigenvalue weighted by molar-refractivity contribution is 6.24. The molecule has 1 unspecified atom stereocenters. The second-order valence-electron chi connectivity index (χ2n) is 18.1. The van der Waals surface area contributed by atoms with Crippen molar-refractivity contribution in [1.29, 1.82) is 0 Å². The van der Waals surface area contributed by atoms with E-state index in [9.17, 15) is 0 Å². The fourth-order valence-corrected chi connectivity index (χ4v) is 10.8. The predicted molar refractivity (Wildman–Crippen MR) is 285 cm³/mol. The third-order valence-electron chi connectivity index (χ3n) is 14.3. The highest BCUT2D eigenvalue weighted by Gasteiger charge is 2.31. The Kier molecular flexibility index (Phi) is 10.0. The van der Waals surface area contributed by atoms with Crippen molar-refractivity contribution in [2.45, 2.75) is 33.2 Å². The van der Waals surface area contributed by atoms with E-state index in [0.717, 1.165) is 23.5 Å². The standard InChI is InChI=1S/C65H50N2/c1-43-39-51(40-44(2)45(43)3)64-56-33-31-53(67-62(49-24-12-6-13-25-49)37-38-63(67)50-26-14-7-15-27-50)42-59(56)65(55-30-18-28-46-19-16-17-29-54(46)55)57-34-32-52(41-58(57)64)66-60(47-20-8-4-9-21-47)35-36-61(66)48-22-10-5-11-23-48/h4-37,39-42,63H,38H2,1-3H3. The predicted octanol–water partition coefficient (Wildman–Crippen LogP) is 17.5. The molecule has 2 heterocycles. The van der Waals surface area contributed by atoms with Gasteiger partial charge in [0.2, 0.25) is 0 Å². The number of aryl methyl sites for hydroxylation is 2. The maximum Gasteiger partial charge on any atom is 0.0626 e. The van der Waals surface area contributed by atoms with Crippen molar-refractivity contribution >= 4 is 43.7 Å². The Hall–Kier alpha value is -8.20. The molecular formula is C65H50N2. The molecule has 67 heavy (non-hydrogen) atoms. The minimum Gasteiger partial charge on any atom is -0.333 e. The molecule has 10 aromatic carbocycles. The van der Waals surface area contributed by atoms with Gasteiger partial charge >= 0.3 is 0 Å². The molecule has 0 radical (unpaired) electrons. The van der Waals surface area contributed by atoms with Crippen LogP contribution < -0.4 is 4.90 Å². The molecule has 1 aliphatic heterocycles. The van der Waals surface area contributed by atoms with Crippen LogP contribution in [0.5, 0.6) is 0 Å². The van der Waals surface area contributed by atoms with Gasteiger partial charge < -0.3 is 9.47 Å². The van der Waals surface area contributed by atoms with Gasteiger partial charge in [-0.25, -0.2) is 0 Å². The van der Waals surface area contributed by atoms with E-state index in [2.05, 4.69) is 261 Å². The van der Waals surface area contributed by atoms with E-state index in [1.165, 1.54) is 105 Å². The molecule has 2 heteroatoms. The van der Waals surface area contributed by atoms with Gasteiger partial charge in [-0.05, 0) is 157 Å². The van der Waals surface area contributed by atoms with Gasteiger partial charge in [0, 0.05) is 17.1 Å². The summed E-state index contributed by atoms with van der Waals surface area (Å²) in [5.74, 6) is 0. The number of anilines is 1. The molecule has 12 rings (SSSR count). The molecule has 1 aliphatic rings. The van der Waals surface area contributed by atoms with Crippen LogP contribution in [0.1, 0.15) is 40.3 Å². The Morgan fingerprint density at radius 1 is 0.388 bits per heavy atom. The minimum absolute atomic E-state index is 0.152. The molecule has 0 fully saturated rings. The molecule has 1 aromatic heterocycles. The molecular weight excluding hydrogens is 809 g/mol. The van der Waals surface area contributed by atoms with Crippen LogP contribution in [0.2, 0.25) is 0 Å². The SMILES string of the molecule is Cc1cc(-c2c3cc(-n4c(-c5ccccc5)ccc4-c4ccccc4)ccc3c(-c3cccc4ccccc34)c3cc(N4C(c5ccccc5)=CCC4c4ccccc4)ccc23)cc(C)c1C. The minimum atomic E-state index is 0.152. The first-order chi connectivity index (χ1) is 33.0.